The number of hydrogen-bond donors (Lipinski definition) is 0. The van der Waals surface area contributed by atoms with Crippen LogP contribution in [0, 0.1) is 6.08 Å². The number of allylic oxidation sites excluding steroid dienone is 1. The summed E-state index contributed by atoms with van der Waals surface area (Å²) in [6, 6.07) is 0. The van der Waals surface area contributed by atoms with Crippen LogP contribution in [-0.4, -0.2) is 6.16 Å². The van der Waals surface area contributed by atoms with Gasteiger partial charge in [0.15, 0.2) is 0 Å². The van der Waals surface area contributed by atoms with E-state index in [-0.39, 0.29) is 21.1 Å². The molecular weight excluding hydrogens is 263 g/mol. The first kappa shape index (κ1) is 9.97. The molecule has 6 heavy (non-hydrogen) atoms. The van der Waals surface area contributed by atoms with Gasteiger partial charge in [-0.15, -0.1) is 9.24 Å². The smallest absolute Gasteiger partial charge is 0 e. The van der Waals surface area contributed by atoms with Gasteiger partial charge in [0, 0.05) is 21.1 Å². The summed E-state index contributed by atoms with van der Waals surface area (Å²) in [4.78, 5) is 0. The van der Waals surface area contributed by atoms with Crippen LogP contribution < -0.4 is 0 Å². The predicted octanol–water partition coefficient (Wildman–Crippen LogP) is 1.24. The number of hydrogen-bond acceptors (Lipinski definition) is 0. The van der Waals surface area contributed by atoms with Crippen molar-refractivity contribution in [3.8, 4) is 0 Å². The molecule has 0 rings (SSSR count). The SMILES string of the molecule is C=[C-]CCP.[W]. The van der Waals surface area contributed by atoms with E-state index in [1.54, 1.807) is 0 Å². The molecule has 0 fully saturated rings. The van der Waals surface area contributed by atoms with Gasteiger partial charge in [0.2, 0.25) is 0 Å². The molecule has 0 nitrogen and oxygen atoms in total. The van der Waals surface area contributed by atoms with Gasteiger partial charge in [-0.05, 0) is 0 Å². The van der Waals surface area contributed by atoms with Gasteiger partial charge in [0.25, 0.3) is 0 Å². The molecule has 1 unspecified atom stereocenters. The summed E-state index contributed by atoms with van der Waals surface area (Å²) < 4.78 is 0. The van der Waals surface area contributed by atoms with Crippen LogP contribution in [-0.2, 0) is 21.1 Å². The third-order valence-corrected chi connectivity index (χ3v) is 0.610. The molecule has 0 saturated carbocycles. The fourth-order valence-electron chi connectivity index (χ4n) is 0.102. The van der Waals surface area contributed by atoms with Crippen molar-refractivity contribution in [2.75, 3.05) is 6.16 Å². The molecule has 0 aliphatic carbocycles. The zero-order valence-electron chi connectivity index (χ0n) is 3.61. The molecule has 0 bridgehead atoms. The van der Waals surface area contributed by atoms with E-state index < -0.39 is 0 Å². The van der Waals surface area contributed by atoms with E-state index in [0.29, 0.717) is 0 Å². The first-order valence-electron chi connectivity index (χ1n) is 1.62. The van der Waals surface area contributed by atoms with Gasteiger partial charge in [-0.1, -0.05) is 6.16 Å². The standard InChI is InChI=1S/C4H8P.W/c1-2-3-4-5;/h1,3-5H2;/q-1;. The fourth-order valence-corrected chi connectivity index (χ4v) is 0.306. The van der Waals surface area contributed by atoms with Crippen molar-refractivity contribution in [2.45, 2.75) is 6.42 Å². The molecule has 36 valence electrons. The molecule has 0 aliphatic heterocycles. The van der Waals surface area contributed by atoms with E-state index in [9.17, 15) is 0 Å². The number of rotatable bonds is 2. The molecule has 1 atom stereocenters. The van der Waals surface area contributed by atoms with Crippen LogP contribution in [0.15, 0.2) is 6.58 Å². The van der Waals surface area contributed by atoms with Crippen LogP contribution in [0.1, 0.15) is 6.42 Å². The van der Waals surface area contributed by atoms with Gasteiger partial charge in [-0.3, -0.25) is 6.58 Å². The zero-order chi connectivity index (χ0) is 4.12. The quantitative estimate of drug-likeness (QED) is 0.523. The Morgan fingerprint density at radius 3 is 2.17 bits per heavy atom. The Kier molecular flexibility index (Phi) is 15.4. The minimum atomic E-state index is 0. The van der Waals surface area contributed by atoms with E-state index in [4.69, 9.17) is 0 Å². The molecule has 0 aromatic rings. The second-order valence-corrected chi connectivity index (χ2v) is 1.37. The molecule has 0 N–H and O–H groups in total. The van der Waals surface area contributed by atoms with Crippen molar-refractivity contribution in [2.24, 2.45) is 0 Å². The Balaban J connectivity index is 0. The Morgan fingerprint density at radius 2 is 2.17 bits per heavy atom. The van der Waals surface area contributed by atoms with E-state index in [2.05, 4.69) is 21.9 Å². The molecule has 0 heterocycles. The Labute approximate surface area is 55.9 Å². The summed E-state index contributed by atoms with van der Waals surface area (Å²) in [7, 11) is 2.60. The first-order chi connectivity index (χ1) is 2.41. The summed E-state index contributed by atoms with van der Waals surface area (Å²) in [5.41, 5.74) is 0. The average molecular weight is 271 g/mol. The van der Waals surface area contributed by atoms with Crippen molar-refractivity contribution in [1.82, 2.24) is 0 Å². The topological polar surface area (TPSA) is 0 Å². The Hall–Kier alpha value is 0.858. The second kappa shape index (κ2) is 9.29. The van der Waals surface area contributed by atoms with Gasteiger partial charge in [-0.25, -0.2) is 0 Å². The summed E-state index contributed by atoms with van der Waals surface area (Å²) in [6.07, 6.45) is 4.82. The van der Waals surface area contributed by atoms with Gasteiger partial charge in [-0.2, -0.15) is 6.42 Å². The maximum absolute atomic E-state index is 3.41. The molecule has 0 aromatic carbocycles. The molecule has 0 amide bonds. The van der Waals surface area contributed by atoms with Crippen LogP contribution >= 0.6 is 9.24 Å². The van der Waals surface area contributed by atoms with Crippen molar-refractivity contribution < 1.29 is 21.1 Å². The summed E-state index contributed by atoms with van der Waals surface area (Å²) in [5, 5.41) is 0. The maximum Gasteiger partial charge on any atom is 0 e. The van der Waals surface area contributed by atoms with Gasteiger partial charge >= 0.3 is 0 Å². The fraction of sp³-hybridized carbons (Fsp3) is 0.500. The molecule has 0 aromatic heterocycles. The van der Waals surface area contributed by atoms with E-state index in [0.717, 1.165) is 12.6 Å². The molecule has 0 radical (unpaired) electrons. The summed E-state index contributed by atoms with van der Waals surface area (Å²) >= 11 is 0. The zero-order valence-corrected chi connectivity index (χ0v) is 7.70. The van der Waals surface area contributed by atoms with Gasteiger partial charge < -0.3 is 6.08 Å². The van der Waals surface area contributed by atoms with Crippen molar-refractivity contribution in [3.63, 3.8) is 0 Å². The summed E-state index contributed by atoms with van der Waals surface area (Å²) in [5.74, 6) is 0. The first-order valence-corrected chi connectivity index (χ1v) is 2.43. The van der Waals surface area contributed by atoms with Crippen LogP contribution in [0.25, 0.3) is 0 Å². The van der Waals surface area contributed by atoms with Crippen LogP contribution in [0.4, 0.5) is 0 Å². The largest absolute Gasteiger partial charge is 0.504 e. The second-order valence-electron chi connectivity index (χ2n) is 0.789. The molecule has 0 aliphatic rings. The van der Waals surface area contributed by atoms with Crippen LogP contribution in [0.3, 0.4) is 0 Å². The third-order valence-electron chi connectivity index (χ3n) is 0.321. The molecule has 2 heteroatoms. The van der Waals surface area contributed by atoms with Crippen LogP contribution in [0.2, 0.25) is 0 Å². The van der Waals surface area contributed by atoms with Gasteiger partial charge in [0.1, 0.15) is 0 Å². The monoisotopic (exact) mass is 271 g/mol. The van der Waals surface area contributed by atoms with E-state index in [1.807, 2.05) is 0 Å². The van der Waals surface area contributed by atoms with Crippen molar-refractivity contribution in [3.05, 3.63) is 12.7 Å². The van der Waals surface area contributed by atoms with E-state index >= 15 is 0 Å². The molecule has 0 saturated heterocycles. The van der Waals surface area contributed by atoms with Crippen molar-refractivity contribution in [1.29, 1.82) is 0 Å². The van der Waals surface area contributed by atoms with E-state index in [1.165, 1.54) is 0 Å². The molecule has 0 spiro atoms. The maximum atomic E-state index is 3.41. The third kappa shape index (κ3) is 8.85. The summed E-state index contributed by atoms with van der Waals surface area (Å²) in [6.45, 7) is 3.41. The van der Waals surface area contributed by atoms with Crippen molar-refractivity contribution >= 4 is 9.24 Å². The normalized spacial score (nSPS) is 6.17. The average Bonchev–Trinajstić information content (AvgIpc) is 1.41. The minimum Gasteiger partial charge on any atom is -0.504 e. The molecular formula is C4H8PW-. The van der Waals surface area contributed by atoms with Crippen LogP contribution in [0.5, 0.6) is 0 Å². The minimum absolute atomic E-state index is 0. The van der Waals surface area contributed by atoms with Gasteiger partial charge in [0.05, 0.1) is 0 Å². The Bertz CT molecular complexity index is 28.7. The predicted molar refractivity (Wildman–Crippen MR) is 28.1 cm³/mol. The Morgan fingerprint density at radius 1 is 1.67 bits per heavy atom.